The van der Waals surface area contributed by atoms with Crippen molar-refractivity contribution >= 4 is 106 Å². The minimum Gasteiger partial charge on any atom is -0.481 e. The van der Waals surface area contributed by atoms with Crippen molar-refractivity contribution in [2.75, 3.05) is 39.3 Å². The normalized spacial score (nSPS) is 20.4. The number of guanidine groups is 2. The Bertz CT molecular complexity index is 3570. The number of benzene rings is 3. The number of carbonyl (C=O) groups is 15. The first-order valence-corrected chi connectivity index (χ1v) is 34.2. The summed E-state index contributed by atoms with van der Waals surface area (Å²) >= 11 is 0. The molecule has 24 N–H and O–H groups in total. The molecule has 0 radical (unpaired) electrons. The Hall–Kier alpha value is -12.1. The lowest BCUT2D eigenvalue weighted by molar-refractivity contribution is -0.141. The number of nitrogens with one attached hydrogen (secondary N) is 18. The molecule has 5 rings (SSSR count). The zero-order valence-electron chi connectivity index (χ0n) is 57.8. The Morgan fingerprint density at radius 1 is 0.419 bits per heavy atom. The largest absolute Gasteiger partial charge is 0.481 e. The molecule has 0 saturated carbocycles. The van der Waals surface area contributed by atoms with Crippen LogP contribution in [0.15, 0.2) is 91.0 Å². The topological polar surface area (TPSA) is 601 Å². The van der Waals surface area contributed by atoms with Gasteiger partial charge in [-0.1, -0.05) is 91.0 Å². The van der Waals surface area contributed by atoms with Gasteiger partial charge in [0.1, 0.15) is 60.1 Å². The van der Waals surface area contributed by atoms with E-state index in [4.69, 9.17) is 27.7 Å². The van der Waals surface area contributed by atoms with Gasteiger partial charge in [-0.15, -0.1) is 0 Å². The van der Waals surface area contributed by atoms with E-state index in [2.05, 4.69) is 79.8 Å². The predicted molar refractivity (Wildman–Crippen MR) is 377 cm³/mol. The monoisotopic (exact) mass is 1460 g/mol. The molecule has 2 fully saturated rings. The summed E-state index contributed by atoms with van der Waals surface area (Å²) in [7, 11) is 0. The van der Waals surface area contributed by atoms with Crippen molar-refractivity contribution in [3.8, 4) is 0 Å². The number of rotatable bonds is 34. The number of hydrogen-bond acceptors (Lipinski definition) is 18. The Kier molecular flexibility index (Phi) is 35.3. The van der Waals surface area contributed by atoms with E-state index in [0.717, 1.165) is 0 Å². The molecule has 568 valence electrons. The van der Waals surface area contributed by atoms with E-state index in [1.165, 1.54) is 0 Å². The Labute approximate surface area is 604 Å². The highest BCUT2D eigenvalue weighted by molar-refractivity contribution is 6.38. The summed E-state index contributed by atoms with van der Waals surface area (Å²) in [5.41, 5.74) is 12.2. The first kappa shape index (κ1) is 83.6. The maximum absolute atomic E-state index is 14.3. The number of hydrogen-bond donors (Lipinski definition) is 22. The van der Waals surface area contributed by atoms with Crippen LogP contribution in [0.5, 0.6) is 0 Å². The van der Waals surface area contributed by atoms with Gasteiger partial charge < -0.3 is 101 Å². The molecular formula is C68H94N20O17. The van der Waals surface area contributed by atoms with Gasteiger partial charge in [0.15, 0.2) is 11.9 Å². The number of carboxylic acid groups (broad SMARTS) is 2. The number of aliphatic carboxylic acids is 2. The van der Waals surface area contributed by atoms with Crippen LogP contribution >= 0.6 is 0 Å². The molecule has 105 heavy (non-hydrogen) atoms. The summed E-state index contributed by atoms with van der Waals surface area (Å²) in [6, 6.07) is 12.1. The zero-order chi connectivity index (χ0) is 76.8. The highest BCUT2D eigenvalue weighted by Crippen LogP contribution is 2.13. The van der Waals surface area contributed by atoms with E-state index in [0.29, 0.717) is 16.7 Å². The lowest BCUT2D eigenvalue weighted by Gasteiger charge is -2.26. The molecule has 0 aliphatic carbocycles. The minimum atomic E-state index is -1.71. The molecule has 3 aromatic rings. The van der Waals surface area contributed by atoms with Gasteiger partial charge >= 0.3 is 11.9 Å². The van der Waals surface area contributed by atoms with E-state index in [1.54, 1.807) is 91.0 Å². The van der Waals surface area contributed by atoms with E-state index in [-0.39, 0.29) is 134 Å². The number of unbranched alkanes of at least 4 members (excludes halogenated alkanes) is 2. The van der Waals surface area contributed by atoms with Gasteiger partial charge in [0, 0.05) is 51.9 Å². The van der Waals surface area contributed by atoms with Crippen LogP contribution in [0.3, 0.4) is 0 Å². The summed E-state index contributed by atoms with van der Waals surface area (Å²) < 4.78 is 0. The van der Waals surface area contributed by atoms with E-state index in [9.17, 15) is 82.1 Å². The van der Waals surface area contributed by atoms with Crippen molar-refractivity contribution in [2.24, 2.45) is 11.5 Å². The second-order valence-electron chi connectivity index (χ2n) is 24.9. The van der Waals surface area contributed by atoms with E-state index < -0.39 is 175 Å². The molecule has 2 aliphatic heterocycles. The number of amides is 13. The summed E-state index contributed by atoms with van der Waals surface area (Å²) in [6.45, 7) is -1.45. The van der Waals surface area contributed by atoms with Gasteiger partial charge in [-0.05, 0) is 87.3 Å². The van der Waals surface area contributed by atoms with Crippen molar-refractivity contribution < 1.29 is 82.1 Å². The fourth-order valence-corrected chi connectivity index (χ4v) is 11.0. The molecule has 1 unspecified atom stereocenters. The SMILES string of the molecule is N=C(N)NCCC[C@@H]1NC(=O)[C@H](CCCCNC(=O)CCC(NC(=O)C(=N)Cc2ccccc2)C(=O)NCCCC[C@@H]2NC(=O)[C@@H](Cc3ccccc3)NC(=O)[C@H](CC(=O)O)NC(=O)CNC(=O)[C@H](CCCNC(=N)N)NC2=O)NC(=O)[C@@H](Cc2ccccc2)NC(=O)[C@H](CC(=O)O)NC(=O)CNC1=O. The minimum absolute atomic E-state index is 0.0289. The second kappa shape index (κ2) is 44.3. The predicted octanol–water partition coefficient (Wildman–Crippen LogP) is -4.81. The van der Waals surface area contributed by atoms with Crippen LogP contribution in [0.2, 0.25) is 0 Å². The van der Waals surface area contributed by atoms with Crippen molar-refractivity contribution in [3.05, 3.63) is 108 Å². The average molecular weight is 1460 g/mol. The van der Waals surface area contributed by atoms with Crippen LogP contribution in [0.25, 0.3) is 0 Å². The molecule has 9 atom stereocenters. The van der Waals surface area contributed by atoms with Crippen LogP contribution in [0.1, 0.15) is 107 Å². The van der Waals surface area contributed by atoms with Gasteiger partial charge in [-0.2, -0.15) is 0 Å². The highest BCUT2D eigenvalue weighted by Gasteiger charge is 2.36. The Morgan fingerprint density at radius 2 is 0.762 bits per heavy atom. The first-order valence-electron chi connectivity index (χ1n) is 34.2. The molecule has 0 spiro atoms. The molecule has 37 nitrogen and oxygen atoms in total. The lowest BCUT2D eigenvalue weighted by atomic mass is 10.0. The van der Waals surface area contributed by atoms with Gasteiger partial charge in [0.25, 0.3) is 5.91 Å². The summed E-state index contributed by atoms with van der Waals surface area (Å²) in [6.07, 6.45) is -2.54. The molecule has 2 heterocycles. The van der Waals surface area contributed by atoms with Gasteiger partial charge in [-0.25, -0.2) is 0 Å². The van der Waals surface area contributed by atoms with Crippen LogP contribution in [0.4, 0.5) is 0 Å². The summed E-state index contributed by atoms with van der Waals surface area (Å²) in [5, 5.41) is 81.0. The van der Waals surface area contributed by atoms with Crippen molar-refractivity contribution in [3.63, 3.8) is 0 Å². The number of carboxylic acids is 2. The highest BCUT2D eigenvalue weighted by atomic mass is 16.4. The van der Waals surface area contributed by atoms with Crippen LogP contribution in [-0.4, -0.2) is 210 Å². The van der Waals surface area contributed by atoms with Crippen molar-refractivity contribution in [1.82, 2.24) is 79.8 Å². The first-order chi connectivity index (χ1) is 50.1. The Morgan fingerprint density at radius 3 is 1.16 bits per heavy atom. The third kappa shape index (κ3) is 31.8. The Balaban J connectivity index is 1.30. The average Bonchev–Trinajstić information content (AvgIpc) is 1.72. The second-order valence-corrected chi connectivity index (χ2v) is 24.9. The van der Waals surface area contributed by atoms with Gasteiger partial charge in [0.05, 0.1) is 25.9 Å². The number of nitrogens with two attached hydrogens (primary N) is 2. The fourth-order valence-electron chi connectivity index (χ4n) is 11.0. The summed E-state index contributed by atoms with van der Waals surface area (Å²) in [4.78, 5) is 203. The molecule has 13 amide bonds. The zero-order valence-corrected chi connectivity index (χ0v) is 57.8. The lowest BCUT2D eigenvalue weighted by Crippen LogP contribution is -2.58. The quantitative estimate of drug-likeness (QED) is 0.0152. The molecule has 3 aromatic carbocycles. The molecule has 2 aliphatic rings. The smallest absolute Gasteiger partial charge is 0.305 e. The third-order valence-electron chi connectivity index (χ3n) is 16.5. The van der Waals surface area contributed by atoms with Gasteiger partial charge in [0.2, 0.25) is 70.9 Å². The van der Waals surface area contributed by atoms with Crippen LogP contribution < -0.4 is 91.2 Å². The van der Waals surface area contributed by atoms with Crippen molar-refractivity contribution in [2.45, 2.75) is 164 Å². The molecule has 37 heteroatoms. The molecule has 0 aromatic heterocycles. The number of carbonyl (C=O) groups excluding carboxylic acids is 13. The van der Waals surface area contributed by atoms with E-state index in [1.807, 2.05) is 0 Å². The maximum Gasteiger partial charge on any atom is 0.305 e. The van der Waals surface area contributed by atoms with Gasteiger partial charge in [-0.3, -0.25) is 88.1 Å². The fraction of sp³-hybridized carbons (Fsp3) is 0.471. The molecular weight excluding hydrogens is 1370 g/mol. The summed E-state index contributed by atoms with van der Waals surface area (Å²) in [5.74, 6) is -15.2. The molecule has 2 saturated heterocycles. The van der Waals surface area contributed by atoms with Crippen LogP contribution in [0, 0.1) is 16.2 Å². The van der Waals surface area contributed by atoms with Crippen molar-refractivity contribution in [1.29, 1.82) is 16.2 Å². The van der Waals surface area contributed by atoms with E-state index >= 15 is 0 Å². The maximum atomic E-state index is 14.3. The van der Waals surface area contributed by atoms with Crippen LogP contribution in [-0.2, 0) is 91.2 Å². The molecule has 0 bridgehead atoms. The third-order valence-corrected chi connectivity index (χ3v) is 16.5. The standard InChI is InChI=1S/C68H94N20O17/c69-42(32-39-16-4-1-5-17-39)57(96)82-47(58(97)75-29-13-11-23-46-62(101)84-44(25-15-31-77-68(72)73)60(99)79-38-54(91)81-51(36-56(94)95)66(105)88-49(64(103)86-46)34-41-20-8-3-9-21-41)26-27-52(89)74-28-12-10-22-45-61(100)83-43(24-14-30-76-67(70)71)59(98)78-37-53(90)80-50(35-55(92)93)65(104)87-48(63(102)85-45)33-40-18-6-2-7-19-40/h1-9,16-21,43-51,69H,10-15,22-38H2,(H,74,89)(H,75,97)(H,78,98)(H,79,99)(H,80,90)(H,81,91)(H,82,96)(H,83,100)(H,84,101)(H,85,102)(H,86,103)(H,87,104)(H,88,105)(H,92,93)(H,94,95)(H4,70,71,76)(H4,72,73,77)/t43-,44-,45-,46-,47?,48+,49+,50-,51-/m0/s1.